The van der Waals surface area contributed by atoms with E-state index < -0.39 is 17.6 Å². The summed E-state index contributed by atoms with van der Waals surface area (Å²) >= 11 is 0. The fourth-order valence-electron chi connectivity index (χ4n) is 1.96. The lowest BCUT2D eigenvalue weighted by atomic mass is 9.91. The molecule has 0 aromatic heterocycles. The number of aliphatic hydroxyl groups excluding tert-OH is 1. The smallest absolute Gasteiger partial charge is 0.320 e. The summed E-state index contributed by atoms with van der Waals surface area (Å²) in [6.45, 7) is 3.61. The zero-order valence-electron chi connectivity index (χ0n) is 10.9. The van der Waals surface area contributed by atoms with Gasteiger partial charge in [-0.3, -0.25) is 10.1 Å². The summed E-state index contributed by atoms with van der Waals surface area (Å²) in [5, 5.41) is 21.8. The van der Waals surface area contributed by atoms with Crippen LogP contribution in [0.5, 0.6) is 0 Å². The summed E-state index contributed by atoms with van der Waals surface area (Å²) in [4.78, 5) is 11.2. The number of carbonyl (C=O) groups is 1. The normalized spacial score (nSPS) is 15.9. The van der Waals surface area contributed by atoms with Crippen molar-refractivity contribution in [2.24, 2.45) is 0 Å². The van der Waals surface area contributed by atoms with E-state index in [0.717, 1.165) is 12.0 Å². The molecule has 2 unspecified atom stereocenters. The van der Waals surface area contributed by atoms with Crippen LogP contribution < -0.4 is 5.32 Å². The fraction of sp³-hybridized carbons (Fsp3) is 0.500. The van der Waals surface area contributed by atoms with Crippen molar-refractivity contribution in [1.82, 2.24) is 5.32 Å². The van der Waals surface area contributed by atoms with Crippen molar-refractivity contribution in [3.05, 3.63) is 35.9 Å². The SMILES string of the molecule is CCCC(NC(C)(CO)c1ccccc1)C(=O)O. The molecule has 0 fully saturated rings. The van der Waals surface area contributed by atoms with E-state index in [2.05, 4.69) is 5.32 Å². The van der Waals surface area contributed by atoms with Gasteiger partial charge in [-0.25, -0.2) is 0 Å². The molecule has 18 heavy (non-hydrogen) atoms. The van der Waals surface area contributed by atoms with E-state index in [1.54, 1.807) is 0 Å². The molecule has 0 radical (unpaired) electrons. The molecular weight excluding hydrogens is 230 g/mol. The highest BCUT2D eigenvalue weighted by molar-refractivity contribution is 5.73. The summed E-state index contributed by atoms with van der Waals surface area (Å²) in [5.74, 6) is -0.882. The highest BCUT2D eigenvalue weighted by atomic mass is 16.4. The van der Waals surface area contributed by atoms with Crippen molar-refractivity contribution in [3.8, 4) is 0 Å². The molecule has 2 atom stereocenters. The number of hydrogen-bond acceptors (Lipinski definition) is 3. The first-order valence-corrected chi connectivity index (χ1v) is 6.20. The van der Waals surface area contributed by atoms with Gasteiger partial charge < -0.3 is 10.2 Å². The van der Waals surface area contributed by atoms with E-state index in [-0.39, 0.29) is 6.61 Å². The van der Waals surface area contributed by atoms with Crippen LogP contribution >= 0.6 is 0 Å². The van der Waals surface area contributed by atoms with Crippen molar-refractivity contribution in [3.63, 3.8) is 0 Å². The minimum Gasteiger partial charge on any atom is -0.480 e. The van der Waals surface area contributed by atoms with E-state index in [4.69, 9.17) is 5.11 Å². The topological polar surface area (TPSA) is 69.6 Å². The van der Waals surface area contributed by atoms with Crippen LogP contribution in [0, 0.1) is 0 Å². The third kappa shape index (κ3) is 3.55. The zero-order chi connectivity index (χ0) is 13.6. The van der Waals surface area contributed by atoms with Crippen molar-refractivity contribution < 1.29 is 15.0 Å². The number of aliphatic hydroxyl groups is 1. The van der Waals surface area contributed by atoms with Crippen LogP contribution in [-0.2, 0) is 10.3 Å². The van der Waals surface area contributed by atoms with E-state index in [0.29, 0.717) is 6.42 Å². The lowest BCUT2D eigenvalue weighted by molar-refractivity contribution is -0.140. The molecule has 0 bridgehead atoms. The first kappa shape index (κ1) is 14.7. The fourth-order valence-corrected chi connectivity index (χ4v) is 1.96. The Morgan fingerprint density at radius 2 is 2.00 bits per heavy atom. The second-order valence-electron chi connectivity index (χ2n) is 4.68. The van der Waals surface area contributed by atoms with E-state index >= 15 is 0 Å². The Bertz CT molecular complexity index is 380. The summed E-state index contributed by atoms with van der Waals surface area (Å²) in [5.41, 5.74) is 0.148. The van der Waals surface area contributed by atoms with Crippen LogP contribution in [0.3, 0.4) is 0 Å². The third-order valence-corrected chi connectivity index (χ3v) is 3.10. The third-order valence-electron chi connectivity index (χ3n) is 3.10. The van der Waals surface area contributed by atoms with Crippen molar-refractivity contribution >= 4 is 5.97 Å². The number of carboxylic acids is 1. The highest BCUT2D eigenvalue weighted by Gasteiger charge is 2.31. The Kier molecular flexibility index (Phi) is 5.31. The monoisotopic (exact) mass is 251 g/mol. The number of rotatable bonds is 7. The van der Waals surface area contributed by atoms with E-state index in [1.807, 2.05) is 44.2 Å². The van der Waals surface area contributed by atoms with Gasteiger partial charge >= 0.3 is 5.97 Å². The number of hydrogen-bond donors (Lipinski definition) is 3. The van der Waals surface area contributed by atoms with Gasteiger partial charge in [-0.05, 0) is 18.9 Å². The maximum atomic E-state index is 11.2. The Morgan fingerprint density at radius 3 is 2.44 bits per heavy atom. The standard InChI is InChI=1S/C14H21NO3/c1-3-7-12(13(17)18)15-14(2,10-16)11-8-5-4-6-9-11/h4-6,8-9,12,15-16H,3,7,10H2,1-2H3,(H,17,18). The number of nitrogens with one attached hydrogen (secondary N) is 1. The molecule has 0 aliphatic rings. The van der Waals surface area contributed by atoms with Gasteiger partial charge in [-0.2, -0.15) is 0 Å². The second-order valence-corrected chi connectivity index (χ2v) is 4.68. The van der Waals surface area contributed by atoms with Crippen molar-refractivity contribution in [1.29, 1.82) is 0 Å². The number of benzene rings is 1. The Labute approximate surface area is 108 Å². The molecule has 0 aliphatic heterocycles. The maximum Gasteiger partial charge on any atom is 0.320 e. The molecular formula is C14H21NO3. The van der Waals surface area contributed by atoms with Gasteiger partial charge in [0.05, 0.1) is 12.1 Å². The molecule has 1 aromatic carbocycles. The first-order valence-electron chi connectivity index (χ1n) is 6.20. The van der Waals surface area contributed by atoms with Crippen LogP contribution in [-0.4, -0.2) is 28.8 Å². The number of carboxylic acid groups (broad SMARTS) is 1. The molecule has 0 aliphatic carbocycles. The molecule has 4 heteroatoms. The minimum absolute atomic E-state index is 0.148. The van der Waals surface area contributed by atoms with Crippen LogP contribution in [0.25, 0.3) is 0 Å². The summed E-state index contributed by atoms with van der Waals surface area (Å²) in [6.07, 6.45) is 1.32. The van der Waals surface area contributed by atoms with Crippen molar-refractivity contribution in [2.75, 3.05) is 6.61 Å². The van der Waals surface area contributed by atoms with Crippen LogP contribution in [0.4, 0.5) is 0 Å². The molecule has 3 N–H and O–H groups in total. The molecule has 1 rings (SSSR count). The molecule has 4 nitrogen and oxygen atoms in total. The average molecular weight is 251 g/mol. The van der Waals surface area contributed by atoms with Gasteiger partial charge in [-0.1, -0.05) is 43.7 Å². The number of aliphatic carboxylic acids is 1. The lowest BCUT2D eigenvalue weighted by Crippen LogP contribution is -2.51. The van der Waals surface area contributed by atoms with Crippen LogP contribution in [0.15, 0.2) is 30.3 Å². The minimum atomic E-state index is -0.882. The van der Waals surface area contributed by atoms with Crippen LogP contribution in [0.1, 0.15) is 32.3 Å². The summed E-state index contributed by atoms with van der Waals surface area (Å²) in [7, 11) is 0. The average Bonchev–Trinajstić information content (AvgIpc) is 2.39. The zero-order valence-corrected chi connectivity index (χ0v) is 10.9. The van der Waals surface area contributed by atoms with Crippen molar-refractivity contribution in [2.45, 2.75) is 38.3 Å². The highest BCUT2D eigenvalue weighted by Crippen LogP contribution is 2.21. The summed E-state index contributed by atoms with van der Waals surface area (Å²) < 4.78 is 0. The Balaban J connectivity index is 2.91. The molecule has 0 spiro atoms. The predicted molar refractivity (Wildman–Crippen MR) is 70.3 cm³/mol. The van der Waals surface area contributed by atoms with E-state index in [1.165, 1.54) is 0 Å². The molecule has 1 aromatic rings. The quantitative estimate of drug-likeness (QED) is 0.690. The van der Waals surface area contributed by atoms with Gasteiger partial charge in [-0.15, -0.1) is 0 Å². The largest absolute Gasteiger partial charge is 0.480 e. The van der Waals surface area contributed by atoms with Gasteiger partial charge in [0.1, 0.15) is 6.04 Å². The molecule has 0 saturated carbocycles. The molecule has 100 valence electrons. The summed E-state index contributed by atoms with van der Waals surface area (Å²) in [6, 6.07) is 8.76. The van der Waals surface area contributed by atoms with Gasteiger partial charge in [0, 0.05) is 0 Å². The Morgan fingerprint density at radius 1 is 1.39 bits per heavy atom. The van der Waals surface area contributed by atoms with Gasteiger partial charge in [0.25, 0.3) is 0 Å². The van der Waals surface area contributed by atoms with Gasteiger partial charge in [0.15, 0.2) is 0 Å². The maximum absolute atomic E-state index is 11.2. The first-order chi connectivity index (χ1) is 8.53. The second kappa shape index (κ2) is 6.52. The molecule has 0 heterocycles. The lowest BCUT2D eigenvalue weighted by Gasteiger charge is -2.32. The Hall–Kier alpha value is -1.39. The van der Waals surface area contributed by atoms with Crippen LogP contribution in [0.2, 0.25) is 0 Å². The van der Waals surface area contributed by atoms with Gasteiger partial charge in [0.2, 0.25) is 0 Å². The van der Waals surface area contributed by atoms with E-state index in [9.17, 15) is 9.90 Å². The predicted octanol–water partition coefficient (Wildman–Crippen LogP) is 1.74. The molecule has 0 amide bonds. The molecule has 0 saturated heterocycles.